The topological polar surface area (TPSA) is 85.3 Å². The fraction of sp³-hybridized carbons (Fsp3) is 0.600. The molecule has 1 heterocycles. The lowest BCUT2D eigenvalue weighted by molar-refractivity contribution is -0.148. The van der Waals surface area contributed by atoms with Crippen molar-refractivity contribution < 1.29 is 28.9 Å². The third kappa shape index (κ3) is 3.74. The van der Waals surface area contributed by atoms with Crippen molar-refractivity contribution in [2.75, 3.05) is 27.9 Å². The molecule has 1 amide bonds. The van der Waals surface area contributed by atoms with Crippen LogP contribution >= 0.6 is 0 Å². The highest BCUT2D eigenvalue weighted by molar-refractivity contribution is 5.80. The number of methoxy groups -OCH3 is 3. The van der Waals surface area contributed by atoms with Crippen molar-refractivity contribution in [1.82, 2.24) is 4.90 Å². The molecule has 1 aliphatic heterocycles. The largest absolute Gasteiger partial charge is 0.493 e. The van der Waals surface area contributed by atoms with Crippen LogP contribution in [0.15, 0.2) is 12.1 Å². The Kier molecular flexibility index (Phi) is 5.60. The quantitative estimate of drug-likeness (QED) is 0.786. The van der Waals surface area contributed by atoms with Crippen LogP contribution in [0.25, 0.3) is 0 Å². The molecule has 0 radical (unpaired) electrons. The molecule has 3 rings (SSSR count). The van der Waals surface area contributed by atoms with Gasteiger partial charge in [-0.1, -0.05) is 0 Å². The minimum atomic E-state index is -0.939. The summed E-state index contributed by atoms with van der Waals surface area (Å²) in [5.41, 5.74) is 1.42. The minimum Gasteiger partial charge on any atom is -0.493 e. The molecule has 0 saturated heterocycles. The second kappa shape index (κ2) is 7.76. The van der Waals surface area contributed by atoms with E-state index in [9.17, 15) is 14.7 Å². The molecular weight excluding hydrogens is 350 g/mol. The number of carbonyl (C=O) groups excluding carboxylic acids is 1. The Morgan fingerprint density at radius 3 is 2.37 bits per heavy atom. The normalized spacial score (nSPS) is 20.4. The van der Waals surface area contributed by atoms with E-state index in [-0.39, 0.29) is 17.9 Å². The van der Waals surface area contributed by atoms with Gasteiger partial charge in [0.15, 0.2) is 11.5 Å². The van der Waals surface area contributed by atoms with Gasteiger partial charge in [-0.2, -0.15) is 0 Å². The number of carboxylic acids is 1. The summed E-state index contributed by atoms with van der Waals surface area (Å²) in [5, 5.41) is 9.44. The molecule has 1 unspecified atom stereocenters. The van der Waals surface area contributed by atoms with E-state index in [4.69, 9.17) is 14.2 Å². The van der Waals surface area contributed by atoms with Crippen molar-refractivity contribution in [2.24, 2.45) is 0 Å². The van der Waals surface area contributed by atoms with Crippen LogP contribution in [0.4, 0.5) is 0 Å². The number of carbonyl (C=O) groups is 2. The van der Waals surface area contributed by atoms with Crippen molar-refractivity contribution in [1.29, 1.82) is 0 Å². The highest BCUT2D eigenvalue weighted by atomic mass is 16.5. The number of amides is 1. The Balaban J connectivity index is 1.92. The lowest BCUT2D eigenvalue weighted by atomic mass is 9.77. The summed E-state index contributed by atoms with van der Waals surface area (Å²) < 4.78 is 16.3. The molecule has 1 saturated carbocycles. The average Bonchev–Trinajstić information content (AvgIpc) is 2.63. The molecule has 1 aliphatic carbocycles. The van der Waals surface area contributed by atoms with Gasteiger partial charge in [-0.25, -0.2) is 0 Å². The van der Waals surface area contributed by atoms with Crippen LogP contribution < -0.4 is 9.47 Å². The minimum absolute atomic E-state index is 0.0526. The third-order valence-corrected chi connectivity index (χ3v) is 5.86. The molecule has 27 heavy (non-hydrogen) atoms. The van der Waals surface area contributed by atoms with Crippen LogP contribution in [-0.2, 0) is 20.7 Å². The van der Waals surface area contributed by atoms with E-state index in [1.54, 1.807) is 32.3 Å². The first-order chi connectivity index (χ1) is 12.9. The van der Waals surface area contributed by atoms with E-state index in [1.807, 2.05) is 6.07 Å². The highest BCUT2D eigenvalue weighted by Gasteiger charge is 2.42. The monoisotopic (exact) mass is 377 g/mol. The van der Waals surface area contributed by atoms with Crippen LogP contribution in [0, 0.1) is 0 Å². The first-order valence-electron chi connectivity index (χ1n) is 9.24. The summed E-state index contributed by atoms with van der Waals surface area (Å²) in [7, 11) is 4.76. The van der Waals surface area contributed by atoms with Crippen LogP contribution in [-0.4, -0.2) is 55.4 Å². The van der Waals surface area contributed by atoms with Gasteiger partial charge in [0.2, 0.25) is 5.91 Å². The van der Waals surface area contributed by atoms with Gasteiger partial charge in [0.25, 0.3) is 0 Å². The molecule has 0 spiro atoms. The number of hydrogen-bond acceptors (Lipinski definition) is 5. The fourth-order valence-corrected chi connectivity index (χ4v) is 4.11. The van der Waals surface area contributed by atoms with Gasteiger partial charge in [0.1, 0.15) is 0 Å². The van der Waals surface area contributed by atoms with Gasteiger partial charge in [-0.15, -0.1) is 0 Å². The maximum absolute atomic E-state index is 13.0. The second-order valence-corrected chi connectivity index (χ2v) is 7.27. The lowest BCUT2D eigenvalue weighted by Crippen LogP contribution is -2.48. The zero-order chi connectivity index (χ0) is 19.6. The van der Waals surface area contributed by atoms with E-state index >= 15 is 0 Å². The standard InChI is InChI=1S/C20H27NO6/c1-25-16-9-13-5-8-21(18(22)12-20(27-3)6-4-7-20)15(11-19(23)24)14(13)10-17(16)26-2/h9-10,15H,4-8,11-12H2,1-3H3,(H,23,24). The number of hydrogen-bond donors (Lipinski definition) is 1. The number of benzene rings is 1. The molecule has 148 valence electrons. The van der Waals surface area contributed by atoms with Gasteiger partial charge in [-0.3, -0.25) is 9.59 Å². The smallest absolute Gasteiger partial charge is 0.305 e. The van der Waals surface area contributed by atoms with Gasteiger partial charge < -0.3 is 24.2 Å². The van der Waals surface area contributed by atoms with Crippen molar-refractivity contribution >= 4 is 11.9 Å². The molecule has 1 aromatic carbocycles. The molecule has 0 aromatic heterocycles. The molecule has 1 fully saturated rings. The van der Waals surface area contributed by atoms with Crippen molar-refractivity contribution in [3.8, 4) is 11.5 Å². The second-order valence-electron chi connectivity index (χ2n) is 7.27. The Bertz CT molecular complexity index is 722. The molecule has 1 atom stereocenters. The van der Waals surface area contributed by atoms with E-state index in [2.05, 4.69) is 0 Å². The Hall–Kier alpha value is -2.28. The van der Waals surface area contributed by atoms with Crippen LogP contribution in [0.3, 0.4) is 0 Å². The Morgan fingerprint density at radius 1 is 1.19 bits per heavy atom. The van der Waals surface area contributed by atoms with Gasteiger partial charge in [-0.05, 0) is 48.9 Å². The molecule has 1 aromatic rings. The van der Waals surface area contributed by atoms with E-state index < -0.39 is 12.0 Å². The summed E-state index contributed by atoms with van der Waals surface area (Å²) in [6.07, 6.45) is 3.59. The Labute approximate surface area is 159 Å². The van der Waals surface area contributed by atoms with Crippen LogP contribution in [0.5, 0.6) is 11.5 Å². The van der Waals surface area contributed by atoms with Gasteiger partial charge >= 0.3 is 5.97 Å². The first-order valence-corrected chi connectivity index (χ1v) is 9.24. The van der Waals surface area contributed by atoms with Gasteiger partial charge in [0, 0.05) is 13.7 Å². The molecule has 2 aliphatic rings. The van der Waals surface area contributed by atoms with Crippen LogP contribution in [0.1, 0.15) is 49.3 Å². The number of rotatable bonds is 7. The summed E-state index contributed by atoms with van der Waals surface area (Å²) in [4.78, 5) is 26.3. The van der Waals surface area contributed by atoms with Crippen molar-refractivity contribution in [3.05, 3.63) is 23.3 Å². The number of ether oxygens (including phenoxy) is 3. The molecule has 0 bridgehead atoms. The predicted molar refractivity (Wildman–Crippen MR) is 98.2 cm³/mol. The van der Waals surface area contributed by atoms with E-state index in [1.165, 1.54) is 0 Å². The lowest BCUT2D eigenvalue weighted by Gasteiger charge is -2.43. The van der Waals surface area contributed by atoms with Crippen molar-refractivity contribution in [3.63, 3.8) is 0 Å². The molecule has 7 heteroatoms. The van der Waals surface area contributed by atoms with Crippen molar-refractivity contribution in [2.45, 2.75) is 50.2 Å². The number of carboxylic acid groups (broad SMARTS) is 1. The van der Waals surface area contributed by atoms with Gasteiger partial charge in [0.05, 0.1) is 38.7 Å². The summed E-state index contributed by atoms with van der Waals surface area (Å²) in [6.45, 7) is 0.485. The predicted octanol–water partition coefficient (Wildman–Crippen LogP) is 2.56. The summed E-state index contributed by atoms with van der Waals surface area (Å²) in [5.74, 6) is 0.153. The SMILES string of the molecule is COc1cc2c(cc1OC)C(CC(=O)O)N(C(=O)CC1(OC)CCC1)CC2. The highest BCUT2D eigenvalue weighted by Crippen LogP contribution is 2.42. The third-order valence-electron chi connectivity index (χ3n) is 5.86. The summed E-state index contributed by atoms with van der Waals surface area (Å²) in [6, 6.07) is 3.16. The summed E-state index contributed by atoms with van der Waals surface area (Å²) >= 11 is 0. The maximum atomic E-state index is 13.0. The maximum Gasteiger partial charge on any atom is 0.305 e. The number of aliphatic carboxylic acids is 1. The molecule has 7 nitrogen and oxygen atoms in total. The molecular formula is C20H27NO6. The molecule has 1 N–H and O–H groups in total. The number of nitrogens with zero attached hydrogens (tertiary/aromatic N) is 1. The van der Waals surface area contributed by atoms with Crippen LogP contribution in [0.2, 0.25) is 0 Å². The fourth-order valence-electron chi connectivity index (χ4n) is 4.11. The van der Waals surface area contributed by atoms with E-state index in [0.717, 1.165) is 30.4 Å². The Morgan fingerprint density at radius 2 is 1.85 bits per heavy atom. The zero-order valence-corrected chi connectivity index (χ0v) is 16.1. The zero-order valence-electron chi connectivity index (χ0n) is 16.1. The van der Waals surface area contributed by atoms with E-state index in [0.29, 0.717) is 30.9 Å². The average molecular weight is 377 g/mol. The first kappa shape index (κ1) is 19.5. The number of fused-ring (bicyclic) bond motifs is 1.